The molecule has 70 valence electrons. The zero-order valence-corrected chi connectivity index (χ0v) is 7.40. The molecule has 3 heteroatoms. The van der Waals surface area contributed by atoms with E-state index in [0.717, 1.165) is 5.56 Å². The number of cyclic esters (lactones) is 2. The van der Waals surface area contributed by atoms with Crippen LogP contribution in [0, 0.1) is 5.92 Å². The number of carbonyl (C=O) groups excluding carboxylic acids is 2. The number of ether oxygens (including phenoxy) is 1. The first kappa shape index (κ1) is 7.74. The van der Waals surface area contributed by atoms with Crippen LogP contribution in [0.25, 0.3) is 0 Å². The van der Waals surface area contributed by atoms with Crippen molar-refractivity contribution in [1.29, 1.82) is 0 Å². The highest BCUT2D eigenvalue weighted by Gasteiger charge is 2.71. The van der Waals surface area contributed by atoms with Crippen LogP contribution >= 0.6 is 0 Å². The lowest BCUT2D eigenvalue weighted by molar-refractivity contribution is -0.155. The van der Waals surface area contributed by atoms with Crippen molar-refractivity contribution in [3.8, 4) is 0 Å². The van der Waals surface area contributed by atoms with Crippen molar-refractivity contribution in [2.75, 3.05) is 0 Å². The van der Waals surface area contributed by atoms with Gasteiger partial charge in [-0.15, -0.1) is 0 Å². The lowest BCUT2D eigenvalue weighted by atomic mass is 9.95. The molecule has 0 radical (unpaired) electrons. The van der Waals surface area contributed by atoms with Gasteiger partial charge in [-0.3, -0.25) is 9.59 Å². The number of fused-ring (bicyclic) bond motifs is 1. The van der Waals surface area contributed by atoms with Gasteiger partial charge in [0.2, 0.25) is 0 Å². The minimum absolute atomic E-state index is 0.225. The molecule has 2 atom stereocenters. The maximum atomic E-state index is 11.5. The van der Waals surface area contributed by atoms with Gasteiger partial charge in [0.15, 0.2) is 0 Å². The first-order valence-corrected chi connectivity index (χ1v) is 4.57. The minimum atomic E-state index is -0.627. The maximum Gasteiger partial charge on any atom is 0.325 e. The Hall–Kier alpha value is -1.64. The Balaban J connectivity index is 2.09. The molecule has 3 nitrogen and oxygen atoms in total. The van der Waals surface area contributed by atoms with E-state index in [9.17, 15) is 9.59 Å². The molecule has 1 saturated heterocycles. The predicted octanol–water partition coefficient (Wildman–Crippen LogP) is 1.03. The summed E-state index contributed by atoms with van der Waals surface area (Å²) >= 11 is 0. The first-order valence-electron chi connectivity index (χ1n) is 4.57. The van der Waals surface area contributed by atoms with Crippen molar-refractivity contribution in [2.45, 2.75) is 11.8 Å². The van der Waals surface area contributed by atoms with Crippen LogP contribution in [0.5, 0.6) is 0 Å². The van der Waals surface area contributed by atoms with E-state index in [0.29, 0.717) is 6.42 Å². The summed E-state index contributed by atoms with van der Waals surface area (Å²) in [5.74, 6) is -0.963. The molecule has 1 saturated carbocycles. The normalized spacial score (nSPS) is 33.9. The molecule has 1 aliphatic carbocycles. The van der Waals surface area contributed by atoms with Crippen molar-refractivity contribution in [3.63, 3.8) is 0 Å². The molecule has 0 bridgehead atoms. The fourth-order valence-electron chi connectivity index (χ4n) is 2.20. The minimum Gasteiger partial charge on any atom is -0.392 e. The molecule has 0 unspecified atom stereocenters. The molecular formula is C11H8O3. The Morgan fingerprint density at radius 1 is 1.21 bits per heavy atom. The summed E-state index contributed by atoms with van der Waals surface area (Å²) in [7, 11) is 0. The van der Waals surface area contributed by atoms with E-state index < -0.39 is 5.41 Å². The van der Waals surface area contributed by atoms with E-state index >= 15 is 0 Å². The van der Waals surface area contributed by atoms with E-state index in [2.05, 4.69) is 4.74 Å². The molecule has 1 heterocycles. The number of hydrogen-bond donors (Lipinski definition) is 0. The third kappa shape index (κ3) is 0.726. The van der Waals surface area contributed by atoms with Crippen molar-refractivity contribution < 1.29 is 14.3 Å². The van der Waals surface area contributed by atoms with Crippen molar-refractivity contribution in [1.82, 2.24) is 0 Å². The van der Waals surface area contributed by atoms with Crippen molar-refractivity contribution in [2.24, 2.45) is 5.92 Å². The molecule has 0 N–H and O–H groups in total. The van der Waals surface area contributed by atoms with Gasteiger partial charge >= 0.3 is 11.9 Å². The average Bonchev–Trinajstić information content (AvgIpc) is 2.90. The third-order valence-electron chi connectivity index (χ3n) is 3.09. The number of carbonyl (C=O) groups is 2. The van der Waals surface area contributed by atoms with Crippen LogP contribution in [0.1, 0.15) is 12.0 Å². The topological polar surface area (TPSA) is 43.4 Å². The maximum absolute atomic E-state index is 11.5. The van der Waals surface area contributed by atoms with Crippen LogP contribution in [-0.2, 0) is 19.7 Å². The van der Waals surface area contributed by atoms with E-state index in [1.165, 1.54) is 0 Å². The molecule has 14 heavy (non-hydrogen) atoms. The molecule has 3 rings (SSSR count). The van der Waals surface area contributed by atoms with E-state index in [1.807, 2.05) is 30.3 Å². The Kier molecular flexibility index (Phi) is 1.23. The predicted molar refractivity (Wildman–Crippen MR) is 47.3 cm³/mol. The largest absolute Gasteiger partial charge is 0.392 e. The smallest absolute Gasteiger partial charge is 0.325 e. The molecule has 1 aromatic rings. The van der Waals surface area contributed by atoms with Crippen molar-refractivity contribution in [3.05, 3.63) is 35.9 Å². The van der Waals surface area contributed by atoms with Gasteiger partial charge in [0.1, 0.15) is 5.41 Å². The Morgan fingerprint density at radius 2 is 1.93 bits per heavy atom. The van der Waals surface area contributed by atoms with Gasteiger partial charge < -0.3 is 4.74 Å². The molecule has 1 aromatic carbocycles. The summed E-state index contributed by atoms with van der Waals surface area (Å²) in [4.78, 5) is 22.7. The van der Waals surface area contributed by atoms with Crippen molar-refractivity contribution >= 4 is 11.9 Å². The summed E-state index contributed by atoms with van der Waals surface area (Å²) < 4.78 is 4.60. The highest BCUT2D eigenvalue weighted by atomic mass is 16.6. The zero-order chi connectivity index (χ0) is 9.76. The number of esters is 2. The molecule has 0 amide bonds. The zero-order valence-electron chi connectivity index (χ0n) is 7.40. The molecule has 2 fully saturated rings. The Labute approximate surface area is 80.7 Å². The van der Waals surface area contributed by atoms with Gasteiger partial charge in [-0.2, -0.15) is 0 Å². The number of rotatable bonds is 1. The summed E-state index contributed by atoms with van der Waals surface area (Å²) in [6, 6.07) is 9.38. The lowest BCUT2D eigenvalue weighted by Gasteiger charge is -2.07. The van der Waals surface area contributed by atoms with Gasteiger partial charge in [0.25, 0.3) is 0 Å². The van der Waals surface area contributed by atoms with Crippen LogP contribution in [-0.4, -0.2) is 11.9 Å². The van der Waals surface area contributed by atoms with Crippen LogP contribution in [0.4, 0.5) is 0 Å². The molecular weight excluding hydrogens is 180 g/mol. The Bertz CT molecular complexity index is 423. The second kappa shape index (κ2) is 2.23. The standard InChI is InChI=1S/C11H8O3/c12-9-8-6-11(8,10(13)14-9)7-4-2-1-3-5-7/h1-5,8H,6H2/t8-,11+/m0/s1. The van der Waals surface area contributed by atoms with E-state index in [-0.39, 0.29) is 17.9 Å². The quantitative estimate of drug-likeness (QED) is 0.488. The third-order valence-corrected chi connectivity index (χ3v) is 3.09. The SMILES string of the molecule is O=C1OC(=O)[C@@]2(c3ccccc3)C[C@@H]12. The van der Waals surface area contributed by atoms with Crippen LogP contribution in [0.2, 0.25) is 0 Å². The molecule has 0 aromatic heterocycles. The molecule has 1 aliphatic heterocycles. The molecule has 2 aliphatic rings. The van der Waals surface area contributed by atoms with Gasteiger partial charge in [-0.05, 0) is 12.0 Å². The Morgan fingerprint density at radius 3 is 2.43 bits per heavy atom. The second-order valence-corrected chi connectivity index (χ2v) is 3.80. The molecule has 0 spiro atoms. The fourth-order valence-corrected chi connectivity index (χ4v) is 2.20. The van der Waals surface area contributed by atoms with Gasteiger partial charge in [-0.25, -0.2) is 0 Å². The lowest BCUT2D eigenvalue weighted by Crippen LogP contribution is -2.18. The monoisotopic (exact) mass is 188 g/mol. The van der Waals surface area contributed by atoms with E-state index in [1.54, 1.807) is 0 Å². The summed E-state index contributed by atoms with van der Waals surface area (Å²) in [5.41, 5.74) is 0.277. The summed E-state index contributed by atoms with van der Waals surface area (Å²) in [5, 5.41) is 0. The first-order chi connectivity index (χ1) is 6.75. The fraction of sp³-hybridized carbons (Fsp3) is 0.273. The summed E-state index contributed by atoms with van der Waals surface area (Å²) in [6.45, 7) is 0. The van der Waals surface area contributed by atoms with Gasteiger partial charge in [0, 0.05) is 0 Å². The van der Waals surface area contributed by atoms with Crippen LogP contribution in [0.3, 0.4) is 0 Å². The highest BCUT2D eigenvalue weighted by molar-refractivity contribution is 6.07. The second-order valence-electron chi connectivity index (χ2n) is 3.80. The average molecular weight is 188 g/mol. The van der Waals surface area contributed by atoms with Crippen LogP contribution < -0.4 is 0 Å². The summed E-state index contributed by atoms with van der Waals surface area (Å²) in [6.07, 6.45) is 0.620. The number of benzene rings is 1. The van der Waals surface area contributed by atoms with Gasteiger partial charge in [-0.1, -0.05) is 30.3 Å². The van der Waals surface area contributed by atoms with Crippen LogP contribution in [0.15, 0.2) is 30.3 Å². The number of hydrogen-bond acceptors (Lipinski definition) is 3. The van der Waals surface area contributed by atoms with Gasteiger partial charge in [0.05, 0.1) is 5.92 Å². The highest BCUT2D eigenvalue weighted by Crippen LogP contribution is 2.59. The van der Waals surface area contributed by atoms with E-state index in [4.69, 9.17) is 0 Å².